The fourth-order valence-corrected chi connectivity index (χ4v) is 2.57. The van der Waals surface area contributed by atoms with Gasteiger partial charge in [0.15, 0.2) is 5.03 Å². The average molecular weight is 312 g/mol. The number of H-pyrrole nitrogens is 1. The molecule has 10 heteroatoms. The Balaban J connectivity index is 2.38. The van der Waals surface area contributed by atoms with Crippen molar-refractivity contribution >= 4 is 21.4 Å². The number of benzene rings is 1. The summed E-state index contributed by atoms with van der Waals surface area (Å²) in [5, 5.41) is 10.9. The fourth-order valence-electron chi connectivity index (χ4n) is 1.60. The van der Waals surface area contributed by atoms with Crippen molar-refractivity contribution < 1.29 is 18.1 Å². The molecule has 0 aliphatic rings. The van der Waals surface area contributed by atoms with Crippen molar-refractivity contribution in [1.82, 2.24) is 9.97 Å². The van der Waals surface area contributed by atoms with E-state index >= 15 is 0 Å². The van der Waals surface area contributed by atoms with Gasteiger partial charge in [-0.05, 0) is 19.1 Å². The van der Waals surface area contributed by atoms with Crippen molar-refractivity contribution in [1.29, 1.82) is 0 Å². The lowest BCUT2D eigenvalue weighted by atomic mass is 10.2. The minimum Gasteiger partial charge on any atom is -0.494 e. The zero-order valence-electron chi connectivity index (χ0n) is 10.9. The van der Waals surface area contributed by atoms with Crippen LogP contribution in [0.15, 0.2) is 35.7 Å². The molecule has 0 saturated heterocycles. The lowest BCUT2D eigenvalue weighted by Crippen LogP contribution is -2.14. The zero-order chi connectivity index (χ0) is 15.5. The molecule has 112 valence electrons. The van der Waals surface area contributed by atoms with E-state index in [0.29, 0.717) is 6.61 Å². The Morgan fingerprint density at radius 3 is 2.81 bits per heavy atom. The predicted molar refractivity (Wildman–Crippen MR) is 73.7 cm³/mol. The molecule has 9 nitrogen and oxygen atoms in total. The number of hydrogen-bond acceptors (Lipinski definition) is 6. The van der Waals surface area contributed by atoms with Gasteiger partial charge < -0.3 is 9.72 Å². The first-order valence-corrected chi connectivity index (χ1v) is 7.35. The van der Waals surface area contributed by atoms with Crippen molar-refractivity contribution in [2.45, 2.75) is 11.9 Å². The number of nitro groups is 1. The topological polar surface area (TPSA) is 127 Å². The monoisotopic (exact) mass is 312 g/mol. The van der Waals surface area contributed by atoms with Crippen molar-refractivity contribution in [2.75, 3.05) is 11.3 Å². The highest BCUT2D eigenvalue weighted by Crippen LogP contribution is 2.30. The number of aromatic amines is 1. The Hall–Kier alpha value is -2.62. The first-order chi connectivity index (χ1) is 9.94. The summed E-state index contributed by atoms with van der Waals surface area (Å²) >= 11 is 0. The third-order valence-electron chi connectivity index (χ3n) is 2.48. The van der Waals surface area contributed by atoms with Crippen molar-refractivity contribution in [3.63, 3.8) is 0 Å². The van der Waals surface area contributed by atoms with Gasteiger partial charge in [-0.25, -0.2) is 4.98 Å². The van der Waals surface area contributed by atoms with Gasteiger partial charge >= 0.3 is 0 Å². The quantitative estimate of drug-likeness (QED) is 0.615. The van der Waals surface area contributed by atoms with Crippen LogP contribution in [-0.4, -0.2) is 29.9 Å². The normalized spacial score (nSPS) is 11.1. The first kappa shape index (κ1) is 14.8. The largest absolute Gasteiger partial charge is 0.494 e. The molecule has 0 unspecified atom stereocenters. The van der Waals surface area contributed by atoms with E-state index in [-0.39, 0.29) is 16.5 Å². The highest BCUT2D eigenvalue weighted by molar-refractivity contribution is 7.92. The second-order valence-electron chi connectivity index (χ2n) is 3.89. The summed E-state index contributed by atoms with van der Waals surface area (Å²) in [5.41, 5.74) is -0.554. The van der Waals surface area contributed by atoms with Crippen LogP contribution in [0.3, 0.4) is 0 Å². The number of ether oxygens (including phenoxy) is 1. The van der Waals surface area contributed by atoms with Crippen molar-refractivity contribution in [3.8, 4) is 5.75 Å². The number of sulfonamides is 1. The molecule has 0 atom stereocenters. The number of aromatic nitrogens is 2. The number of anilines is 1. The van der Waals surface area contributed by atoms with Crippen LogP contribution in [0, 0.1) is 10.1 Å². The molecule has 0 fully saturated rings. The lowest BCUT2D eigenvalue weighted by Gasteiger charge is -2.08. The summed E-state index contributed by atoms with van der Waals surface area (Å²) in [6.45, 7) is 2.08. The highest BCUT2D eigenvalue weighted by Gasteiger charge is 2.22. The van der Waals surface area contributed by atoms with Crippen LogP contribution in [0.1, 0.15) is 6.92 Å². The molecule has 1 aromatic carbocycles. The molecule has 0 amide bonds. The van der Waals surface area contributed by atoms with Gasteiger partial charge in [0.1, 0.15) is 11.4 Å². The Morgan fingerprint density at radius 1 is 1.48 bits per heavy atom. The summed E-state index contributed by atoms with van der Waals surface area (Å²) in [5.74, 6) is 0.286. The fraction of sp³-hybridized carbons (Fsp3) is 0.182. The zero-order valence-corrected chi connectivity index (χ0v) is 11.8. The highest BCUT2D eigenvalue weighted by atomic mass is 32.2. The third-order valence-corrected chi connectivity index (χ3v) is 3.77. The number of nitro benzene ring substituents is 1. The SMILES string of the molecule is CCOc1ccc(NS(=O)(=O)c2cnc[nH]2)c([N+](=O)[O-])c1. The van der Waals surface area contributed by atoms with Gasteiger partial charge in [0.2, 0.25) is 0 Å². The van der Waals surface area contributed by atoms with Gasteiger partial charge in [0.25, 0.3) is 15.7 Å². The number of hydrogen-bond donors (Lipinski definition) is 2. The second kappa shape index (κ2) is 5.79. The summed E-state index contributed by atoms with van der Waals surface area (Å²) in [4.78, 5) is 16.4. The Bertz CT molecular complexity index is 742. The van der Waals surface area contributed by atoms with Gasteiger partial charge in [-0.2, -0.15) is 8.42 Å². The summed E-state index contributed by atoms with van der Waals surface area (Å²) in [7, 11) is -3.96. The van der Waals surface area contributed by atoms with E-state index in [1.54, 1.807) is 6.92 Å². The summed E-state index contributed by atoms with van der Waals surface area (Å²) < 4.78 is 31.3. The van der Waals surface area contributed by atoms with E-state index in [1.807, 2.05) is 0 Å². The molecule has 0 aliphatic heterocycles. The minimum atomic E-state index is -3.96. The molecular formula is C11H12N4O5S. The van der Waals surface area contributed by atoms with Crippen LogP contribution in [0.25, 0.3) is 0 Å². The molecule has 1 heterocycles. The first-order valence-electron chi connectivity index (χ1n) is 5.86. The minimum absolute atomic E-state index is 0.155. The average Bonchev–Trinajstić information content (AvgIpc) is 2.95. The number of nitrogens with one attached hydrogen (secondary N) is 2. The van der Waals surface area contributed by atoms with Crippen LogP contribution >= 0.6 is 0 Å². The maximum absolute atomic E-state index is 12.0. The van der Waals surface area contributed by atoms with E-state index in [1.165, 1.54) is 18.5 Å². The summed E-state index contributed by atoms with van der Waals surface area (Å²) in [6.07, 6.45) is 2.30. The molecule has 0 bridgehead atoms. The second-order valence-corrected chi connectivity index (χ2v) is 5.54. The van der Waals surface area contributed by atoms with Crippen molar-refractivity contribution in [2.24, 2.45) is 0 Å². The van der Waals surface area contributed by atoms with Gasteiger partial charge in [-0.1, -0.05) is 0 Å². The van der Waals surface area contributed by atoms with Crippen LogP contribution in [-0.2, 0) is 10.0 Å². The van der Waals surface area contributed by atoms with Gasteiger partial charge in [0, 0.05) is 0 Å². The lowest BCUT2D eigenvalue weighted by molar-refractivity contribution is -0.384. The van der Waals surface area contributed by atoms with Gasteiger partial charge in [0.05, 0.1) is 30.1 Å². The maximum Gasteiger partial charge on any atom is 0.297 e. The summed E-state index contributed by atoms with van der Waals surface area (Å²) in [6, 6.07) is 3.88. The molecular weight excluding hydrogens is 300 g/mol. The Morgan fingerprint density at radius 2 is 2.24 bits per heavy atom. The van der Waals surface area contributed by atoms with Crippen LogP contribution < -0.4 is 9.46 Å². The Labute approximate surface area is 120 Å². The molecule has 2 aromatic rings. The molecule has 0 aliphatic carbocycles. The van der Waals surface area contributed by atoms with Gasteiger partial charge in [-0.3, -0.25) is 14.8 Å². The molecule has 21 heavy (non-hydrogen) atoms. The number of imidazole rings is 1. The molecule has 0 saturated carbocycles. The third kappa shape index (κ3) is 3.28. The van der Waals surface area contributed by atoms with Crippen LogP contribution in [0.2, 0.25) is 0 Å². The van der Waals surface area contributed by atoms with E-state index in [9.17, 15) is 18.5 Å². The standard InChI is InChI=1S/C11H12N4O5S/c1-2-20-8-3-4-9(10(5-8)15(16)17)14-21(18,19)11-6-12-7-13-11/h3-7,14H,2H2,1H3,(H,12,13). The van der Waals surface area contributed by atoms with E-state index in [0.717, 1.165) is 12.3 Å². The molecule has 1 aromatic heterocycles. The van der Waals surface area contributed by atoms with Crippen LogP contribution in [0.5, 0.6) is 5.75 Å². The van der Waals surface area contributed by atoms with Gasteiger partial charge in [-0.15, -0.1) is 0 Å². The van der Waals surface area contributed by atoms with Crippen molar-refractivity contribution in [3.05, 3.63) is 40.8 Å². The number of nitrogens with zero attached hydrogens (tertiary/aromatic N) is 2. The molecule has 2 N–H and O–H groups in total. The molecule has 0 spiro atoms. The predicted octanol–water partition coefficient (Wildman–Crippen LogP) is 1.52. The maximum atomic E-state index is 12.0. The smallest absolute Gasteiger partial charge is 0.297 e. The van der Waals surface area contributed by atoms with E-state index in [2.05, 4.69) is 14.7 Å². The van der Waals surface area contributed by atoms with Crippen LogP contribution in [0.4, 0.5) is 11.4 Å². The number of rotatable bonds is 6. The van der Waals surface area contributed by atoms with E-state index in [4.69, 9.17) is 4.74 Å². The Kier molecular flexibility index (Phi) is 4.08. The molecule has 2 rings (SSSR count). The molecule has 0 radical (unpaired) electrons. The van der Waals surface area contributed by atoms with E-state index < -0.39 is 20.6 Å².